The number of ether oxygens (including phenoxy) is 1. The van der Waals surface area contributed by atoms with E-state index in [9.17, 15) is 9.59 Å². The van der Waals surface area contributed by atoms with Crippen LogP contribution in [0.1, 0.15) is 42.7 Å². The molecular weight excluding hydrogens is 424 g/mol. The number of morpholine rings is 1. The average molecular weight is 457 g/mol. The topological polar surface area (TPSA) is 74.8 Å². The number of hydrogen-bond acceptors (Lipinski definition) is 6. The molecule has 4 rings (SSSR count). The molecule has 3 heterocycles. The van der Waals surface area contributed by atoms with Gasteiger partial charge in [-0.15, -0.1) is 11.3 Å². The summed E-state index contributed by atoms with van der Waals surface area (Å²) in [5, 5.41) is 5.19. The van der Waals surface area contributed by atoms with E-state index in [1.165, 1.54) is 11.3 Å². The molecule has 0 radical (unpaired) electrons. The summed E-state index contributed by atoms with van der Waals surface area (Å²) in [6.07, 6.45) is 2.95. The summed E-state index contributed by atoms with van der Waals surface area (Å²) in [4.78, 5) is 34.0. The fraction of sp³-hybridized carbons (Fsp3) is 0.542. The molecule has 7 nitrogen and oxygen atoms in total. The molecule has 8 heteroatoms. The molecule has 1 aromatic heterocycles. The standard InChI is InChI=1S/C24H32N4O3S/c1-17-13-27(14-18(2)31-17)15-19-8-10-28(11-9-19)22(29)12-21-16-32-24(25-21)26-23(30)20-6-4-3-5-7-20/h3-7,16-19H,8-15H2,1-2H3,(H,25,26,30). The minimum atomic E-state index is -0.191. The van der Waals surface area contributed by atoms with Gasteiger partial charge < -0.3 is 9.64 Å². The van der Waals surface area contributed by atoms with Crippen LogP contribution in [0, 0.1) is 5.92 Å². The van der Waals surface area contributed by atoms with Crippen molar-refractivity contribution in [2.75, 3.05) is 38.0 Å². The number of rotatable bonds is 6. The maximum atomic E-state index is 12.8. The SMILES string of the molecule is CC1CN(CC2CCN(C(=O)Cc3csc(NC(=O)c4ccccc4)n3)CC2)CC(C)O1. The van der Waals surface area contributed by atoms with Crippen molar-refractivity contribution < 1.29 is 14.3 Å². The number of carbonyl (C=O) groups excluding carboxylic acids is 2. The number of benzene rings is 1. The number of nitrogens with one attached hydrogen (secondary N) is 1. The highest BCUT2D eigenvalue weighted by Crippen LogP contribution is 2.22. The van der Waals surface area contributed by atoms with Gasteiger partial charge in [-0.25, -0.2) is 4.98 Å². The predicted octanol–water partition coefficient (Wildman–Crippen LogP) is 3.29. The molecule has 2 atom stereocenters. The van der Waals surface area contributed by atoms with Gasteiger partial charge in [0.1, 0.15) is 0 Å². The zero-order chi connectivity index (χ0) is 22.5. The number of aromatic nitrogens is 1. The van der Waals surface area contributed by atoms with E-state index < -0.39 is 0 Å². The van der Waals surface area contributed by atoms with Crippen LogP contribution in [-0.4, -0.2) is 71.5 Å². The number of likely N-dealkylation sites (tertiary alicyclic amines) is 1. The summed E-state index contributed by atoms with van der Waals surface area (Å²) in [5.41, 5.74) is 1.30. The first-order chi connectivity index (χ1) is 15.5. The fourth-order valence-electron chi connectivity index (χ4n) is 4.63. The van der Waals surface area contributed by atoms with Crippen LogP contribution >= 0.6 is 11.3 Å². The molecule has 1 aromatic carbocycles. The Hall–Kier alpha value is -2.29. The van der Waals surface area contributed by atoms with Gasteiger partial charge in [-0.05, 0) is 44.7 Å². The van der Waals surface area contributed by atoms with Gasteiger partial charge in [-0.1, -0.05) is 18.2 Å². The first kappa shape index (κ1) is 22.9. The smallest absolute Gasteiger partial charge is 0.257 e. The Morgan fingerprint density at radius 3 is 2.50 bits per heavy atom. The minimum absolute atomic E-state index is 0.114. The normalized spacial score (nSPS) is 22.6. The van der Waals surface area contributed by atoms with Gasteiger partial charge in [0.05, 0.1) is 24.3 Å². The van der Waals surface area contributed by atoms with E-state index >= 15 is 0 Å². The van der Waals surface area contributed by atoms with E-state index in [2.05, 4.69) is 29.0 Å². The van der Waals surface area contributed by atoms with Gasteiger partial charge in [0.25, 0.3) is 5.91 Å². The highest BCUT2D eigenvalue weighted by atomic mass is 32.1. The lowest BCUT2D eigenvalue weighted by Crippen LogP contribution is -2.48. The van der Waals surface area contributed by atoms with E-state index in [1.54, 1.807) is 12.1 Å². The van der Waals surface area contributed by atoms with Crippen LogP contribution in [0.2, 0.25) is 0 Å². The molecule has 0 spiro atoms. The van der Waals surface area contributed by atoms with Gasteiger partial charge in [-0.3, -0.25) is 19.8 Å². The molecule has 2 unspecified atom stereocenters. The summed E-state index contributed by atoms with van der Waals surface area (Å²) in [5.74, 6) is 0.558. The number of piperidine rings is 1. The first-order valence-electron chi connectivity index (χ1n) is 11.4. The molecule has 2 amide bonds. The van der Waals surface area contributed by atoms with E-state index in [0.29, 0.717) is 34.5 Å². The molecule has 2 saturated heterocycles. The van der Waals surface area contributed by atoms with Gasteiger partial charge >= 0.3 is 0 Å². The molecule has 32 heavy (non-hydrogen) atoms. The van der Waals surface area contributed by atoms with Crippen LogP contribution in [0.5, 0.6) is 0 Å². The first-order valence-corrected chi connectivity index (χ1v) is 12.3. The van der Waals surface area contributed by atoms with Crippen molar-refractivity contribution in [1.82, 2.24) is 14.8 Å². The highest BCUT2D eigenvalue weighted by molar-refractivity contribution is 7.14. The number of carbonyl (C=O) groups is 2. The Bertz CT molecular complexity index is 901. The monoisotopic (exact) mass is 456 g/mol. The summed E-state index contributed by atoms with van der Waals surface area (Å²) >= 11 is 1.35. The van der Waals surface area contributed by atoms with E-state index in [-0.39, 0.29) is 18.2 Å². The largest absolute Gasteiger partial charge is 0.373 e. The molecule has 2 aliphatic rings. The second kappa shape index (κ2) is 10.6. The molecule has 0 bridgehead atoms. The molecule has 2 fully saturated rings. The molecular formula is C24H32N4O3S. The molecule has 172 valence electrons. The van der Waals surface area contributed by atoms with Gasteiger partial charge in [-0.2, -0.15) is 0 Å². The third-order valence-electron chi connectivity index (χ3n) is 6.12. The number of hydrogen-bond donors (Lipinski definition) is 1. The maximum Gasteiger partial charge on any atom is 0.257 e. The number of amides is 2. The maximum absolute atomic E-state index is 12.8. The van der Waals surface area contributed by atoms with Crippen LogP contribution < -0.4 is 5.32 Å². The summed E-state index contributed by atoms with van der Waals surface area (Å²) in [6, 6.07) is 9.04. The predicted molar refractivity (Wildman–Crippen MR) is 126 cm³/mol. The van der Waals surface area contributed by atoms with Crippen molar-refractivity contribution >= 4 is 28.3 Å². The summed E-state index contributed by atoms with van der Waals surface area (Å²) in [6.45, 7) is 8.98. The quantitative estimate of drug-likeness (QED) is 0.722. The van der Waals surface area contributed by atoms with E-state index in [0.717, 1.165) is 45.6 Å². The molecule has 2 aliphatic heterocycles. The zero-order valence-corrected chi connectivity index (χ0v) is 19.6. The van der Waals surface area contributed by atoms with Crippen molar-refractivity contribution in [2.24, 2.45) is 5.92 Å². The van der Waals surface area contributed by atoms with Crippen molar-refractivity contribution in [3.8, 4) is 0 Å². The number of thiazole rings is 1. The summed E-state index contributed by atoms with van der Waals surface area (Å²) < 4.78 is 5.83. The lowest BCUT2D eigenvalue weighted by molar-refractivity contribution is -0.132. The summed E-state index contributed by atoms with van der Waals surface area (Å²) in [7, 11) is 0. The Balaban J connectivity index is 1.22. The van der Waals surface area contributed by atoms with E-state index in [1.807, 2.05) is 28.5 Å². The van der Waals surface area contributed by atoms with Crippen molar-refractivity contribution in [1.29, 1.82) is 0 Å². The minimum Gasteiger partial charge on any atom is -0.373 e. The zero-order valence-electron chi connectivity index (χ0n) is 18.8. The van der Waals surface area contributed by atoms with Crippen LogP contribution in [0.4, 0.5) is 5.13 Å². The lowest BCUT2D eigenvalue weighted by Gasteiger charge is -2.39. The molecule has 2 aromatic rings. The van der Waals surface area contributed by atoms with Gasteiger partial charge in [0, 0.05) is 43.7 Å². The van der Waals surface area contributed by atoms with Crippen molar-refractivity contribution in [3.63, 3.8) is 0 Å². The Labute approximate surface area is 193 Å². The van der Waals surface area contributed by atoms with Gasteiger partial charge in [0.15, 0.2) is 5.13 Å². The van der Waals surface area contributed by atoms with Gasteiger partial charge in [0.2, 0.25) is 5.91 Å². The number of anilines is 1. The number of nitrogens with zero attached hydrogens (tertiary/aromatic N) is 3. The Kier molecular flexibility index (Phi) is 7.55. The second-order valence-electron chi connectivity index (χ2n) is 8.94. The Morgan fingerprint density at radius 2 is 1.81 bits per heavy atom. The highest BCUT2D eigenvalue weighted by Gasteiger charge is 2.28. The lowest BCUT2D eigenvalue weighted by atomic mass is 9.95. The van der Waals surface area contributed by atoms with E-state index in [4.69, 9.17) is 4.74 Å². The molecule has 0 aliphatic carbocycles. The second-order valence-corrected chi connectivity index (χ2v) is 9.80. The van der Waals surface area contributed by atoms with Crippen LogP contribution in [-0.2, 0) is 16.0 Å². The van der Waals surface area contributed by atoms with Crippen LogP contribution in [0.25, 0.3) is 0 Å². The third-order valence-corrected chi connectivity index (χ3v) is 6.93. The third kappa shape index (κ3) is 6.15. The Morgan fingerprint density at radius 1 is 1.12 bits per heavy atom. The van der Waals surface area contributed by atoms with Crippen LogP contribution in [0.15, 0.2) is 35.7 Å². The van der Waals surface area contributed by atoms with Crippen LogP contribution in [0.3, 0.4) is 0 Å². The fourth-order valence-corrected chi connectivity index (χ4v) is 5.34. The van der Waals surface area contributed by atoms with Crippen molar-refractivity contribution in [2.45, 2.75) is 45.3 Å². The molecule has 1 N–H and O–H groups in total. The average Bonchev–Trinajstić information content (AvgIpc) is 3.20. The van der Waals surface area contributed by atoms with Crippen molar-refractivity contribution in [3.05, 3.63) is 47.0 Å². The molecule has 0 saturated carbocycles.